The summed E-state index contributed by atoms with van der Waals surface area (Å²) in [5.74, 6) is 0.269. The van der Waals surface area contributed by atoms with Crippen LogP contribution in [0.5, 0.6) is 0 Å². The van der Waals surface area contributed by atoms with Crippen LogP contribution in [0.4, 0.5) is 10.5 Å². The smallest absolute Gasteiger partial charge is 0.411 e. The van der Waals surface area contributed by atoms with Gasteiger partial charge < -0.3 is 9.84 Å². The van der Waals surface area contributed by atoms with Crippen LogP contribution in [0, 0.1) is 9.49 Å². The van der Waals surface area contributed by atoms with E-state index in [9.17, 15) is 9.90 Å². The summed E-state index contributed by atoms with van der Waals surface area (Å²) in [4.78, 5) is 16.7. The molecule has 0 aliphatic carbocycles. The van der Waals surface area contributed by atoms with Crippen molar-refractivity contribution in [1.29, 1.82) is 0 Å². The quantitative estimate of drug-likeness (QED) is 0.840. The Bertz CT molecular complexity index is 422. The first-order valence-corrected chi connectivity index (χ1v) is 6.94. The molecule has 1 N–H and O–H groups in total. The highest BCUT2D eigenvalue weighted by Gasteiger charge is 2.23. The first kappa shape index (κ1) is 13.5. The fraction of sp³-hybridized carbons (Fsp3) is 0.500. The molecule has 1 aliphatic rings. The number of amides is 1. The van der Waals surface area contributed by atoms with Crippen molar-refractivity contribution in [3.8, 4) is 0 Å². The summed E-state index contributed by atoms with van der Waals surface area (Å²) < 4.78 is 6.28. The number of hydrogen-bond acceptors (Lipinski definition) is 3. The second-order valence-electron chi connectivity index (χ2n) is 4.30. The van der Waals surface area contributed by atoms with Crippen LogP contribution in [-0.2, 0) is 4.74 Å². The molecule has 98 valence electrons. The number of pyridine rings is 1. The Kier molecular flexibility index (Phi) is 4.76. The van der Waals surface area contributed by atoms with Crippen LogP contribution in [-0.4, -0.2) is 35.9 Å². The number of halogens is 1. The van der Waals surface area contributed by atoms with Gasteiger partial charge in [0.2, 0.25) is 0 Å². The third kappa shape index (κ3) is 3.32. The largest absolute Gasteiger partial charge is 0.465 e. The molecule has 1 amide bonds. The summed E-state index contributed by atoms with van der Waals surface area (Å²) in [7, 11) is 0. The van der Waals surface area contributed by atoms with Gasteiger partial charge in [0.1, 0.15) is 0 Å². The van der Waals surface area contributed by atoms with Crippen LogP contribution in [0.25, 0.3) is 0 Å². The zero-order valence-corrected chi connectivity index (χ0v) is 12.0. The second-order valence-corrected chi connectivity index (χ2v) is 5.47. The van der Waals surface area contributed by atoms with Crippen LogP contribution in [0.1, 0.15) is 12.8 Å². The van der Waals surface area contributed by atoms with E-state index in [1.807, 2.05) is 6.07 Å². The number of ether oxygens (including phenoxy) is 1. The number of hydrogen-bond donors (Lipinski definition) is 1. The van der Waals surface area contributed by atoms with Crippen molar-refractivity contribution in [3.63, 3.8) is 0 Å². The molecule has 1 fully saturated rings. The Balaban J connectivity index is 2.13. The lowest BCUT2D eigenvalue weighted by Gasteiger charge is -2.28. The molecule has 18 heavy (non-hydrogen) atoms. The van der Waals surface area contributed by atoms with Crippen LogP contribution < -0.4 is 4.90 Å². The maximum atomic E-state index is 11.4. The molecule has 1 unspecified atom stereocenters. The molecule has 1 aromatic heterocycles. The van der Waals surface area contributed by atoms with E-state index in [-0.39, 0.29) is 5.92 Å². The summed E-state index contributed by atoms with van der Waals surface area (Å²) in [6.07, 6.45) is 4.34. The normalized spacial score (nSPS) is 19.5. The molecule has 1 saturated heterocycles. The van der Waals surface area contributed by atoms with Crippen molar-refractivity contribution < 1.29 is 14.6 Å². The molecule has 6 heteroatoms. The van der Waals surface area contributed by atoms with Gasteiger partial charge >= 0.3 is 6.09 Å². The van der Waals surface area contributed by atoms with Crippen LogP contribution >= 0.6 is 22.6 Å². The molecule has 5 nitrogen and oxygen atoms in total. The minimum absolute atomic E-state index is 0.269. The fourth-order valence-corrected chi connectivity index (χ4v) is 2.65. The predicted molar refractivity (Wildman–Crippen MR) is 75.9 cm³/mol. The lowest BCUT2D eigenvalue weighted by molar-refractivity contribution is 0.0572. The van der Waals surface area contributed by atoms with Crippen molar-refractivity contribution in [2.45, 2.75) is 12.8 Å². The van der Waals surface area contributed by atoms with E-state index in [1.54, 1.807) is 12.4 Å². The monoisotopic (exact) mass is 362 g/mol. The van der Waals surface area contributed by atoms with Crippen molar-refractivity contribution in [1.82, 2.24) is 4.98 Å². The highest BCUT2D eigenvalue weighted by Crippen LogP contribution is 2.24. The first-order chi connectivity index (χ1) is 8.68. The van der Waals surface area contributed by atoms with Gasteiger partial charge in [-0.05, 0) is 41.5 Å². The Morgan fingerprint density at radius 2 is 2.50 bits per heavy atom. The highest BCUT2D eigenvalue weighted by molar-refractivity contribution is 14.1. The molecule has 2 rings (SSSR count). The Morgan fingerprint density at radius 1 is 1.67 bits per heavy atom. The van der Waals surface area contributed by atoms with Gasteiger partial charge in [-0.1, -0.05) is 0 Å². The Hall–Kier alpha value is -0.890. The lowest BCUT2D eigenvalue weighted by atomic mass is 10.0. The molecule has 1 aromatic rings. The third-order valence-electron chi connectivity index (χ3n) is 2.97. The van der Waals surface area contributed by atoms with E-state index in [2.05, 4.69) is 27.6 Å². The summed E-state index contributed by atoms with van der Waals surface area (Å²) >= 11 is 2.13. The van der Waals surface area contributed by atoms with Gasteiger partial charge in [-0.15, -0.1) is 0 Å². The van der Waals surface area contributed by atoms with Crippen LogP contribution in [0.2, 0.25) is 0 Å². The van der Waals surface area contributed by atoms with Gasteiger partial charge in [-0.2, -0.15) is 0 Å². The van der Waals surface area contributed by atoms with Crippen molar-refractivity contribution >= 4 is 34.4 Å². The third-order valence-corrected chi connectivity index (χ3v) is 3.88. The minimum atomic E-state index is -0.938. The summed E-state index contributed by atoms with van der Waals surface area (Å²) in [5, 5.41) is 9.34. The predicted octanol–water partition coefficient (Wildman–Crippen LogP) is 2.60. The molecule has 0 saturated carbocycles. The summed E-state index contributed by atoms with van der Waals surface area (Å²) in [5.41, 5.74) is 0.649. The van der Waals surface area contributed by atoms with Crippen molar-refractivity contribution in [2.75, 3.05) is 24.7 Å². The van der Waals surface area contributed by atoms with Crippen molar-refractivity contribution in [2.24, 2.45) is 5.92 Å². The number of carboxylic acid groups (broad SMARTS) is 1. The molecular formula is C12H15IN2O3. The zero-order valence-electron chi connectivity index (χ0n) is 9.88. The topological polar surface area (TPSA) is 62.7 Å². The summed E-state index contributed by atoms with van der Waals surface area (Å²) in [6.45, 7) is 1.89. The molecule has 0 spiro atoms. The average Bonchev–Trinajstić information content (AvgIpc) is 2.38. The van der Waals surface area contributed by atoms with Crippen LogP contribution in [0.15, 0.2) is 18.5 Å². The molecule has 1 aliphatic heterocycles. The molecule has 0 radical (unpaired) electrons. The number of anilines is 1. The fourth-order valence-electron chi connectivity index (χ4n) is 2.06. The Morgan fingerprint density at radius 3 is 3.11 bits per heavy atom. The van der Waals surface area contributed by atoms with Gasteiger partial charge in [0, 0.05) is 28.8 Å². The number of rotatable bonds is 3. The molecular weight excluding hydrogens is 347 g/mol. The molecule has 0 aromatic carbocycles. The Labute approximate surface area is 119 Å². The number of nitrogens with zero attached hydrogens (tertiary/aromatic N) is 2. The van der Waals surface area contributed by atoms with Crippen molar-refractivity contribution in [3.05, 3.63) is 22.0 Å². The zero-order chi connectivity index (χ0) is 13.0. The van der Waals surface area contributed by atoms with Crippen LogP contribution in [0.3, 0.4) is 0 Å². The van der Waals surface area contributed by atoms with Gasteiger partial charge in [-0.3, -0.25) is 9.88 Å². The standard InChI is InChI=1S/C12H15IN2O3/c13-10-3-4-14-6-11(10)15(12(16)17)7-9-2-1-5-18-8-9/h3-4,6,9H,1-2,5,7-8H2,(H,16,17). The maximum absolute atomic E-state index is 11.4. The SMILES string of the molecule is O=C(O)N(CC1CCCOC1)c1cnccc1I. The van der Waals surface area contributed by atoms with Gasteiger partial charge in [0.05, 0.1) is 18.5 Å². The van der Waals surface area contributed by atoms with E-state index in [0.29, 0.717) is 18.8 Å². The van der Waals surface area contributed by atoms with Gasteiger partial charge in [0.15, 0.2) is 0 Å². The van der Waals surface area contributed by atoms with E-state index in [1.165, 1.54) is 4.90 Å². The molecule has 2 heterocycles. The molecule has 1 atom stereocenters. The average molecular weight is 362 g/mol. The van der Waals surface area contributed by atoms with Gasteiger partial charge in [-0.25, -0.2) is 4.79 Å². The maximum Gasteiger partial charge on any atom is 0.411 e. The second kappa shape index (κ2) is 6.33. The summed E-state index contributed by atoms with van der Waals surface area (Å²) in [6, 6.07) is 1.81. The number of aromatic nitrogens is 1. The van der Waals surface area contributed by atoms with Gasteiger partial charge in [0.25, 0.3) is 0 Å². The van der Waals surface area contributed by atoms with E-state index >= 15 is 0 Å². The minimum Gasteiger partial charge on any atom is -0.465 e. The van der Waals surface area contributed by atoms with E-state index < -0.39 is 6.09 Å². The number of carbonyl (C=O) groups is 1. The molecule has 0 bridgehead atoms. The first-order valence-electron chi connectivity index (χ1n) is 5.86. The van der Waals surface area contributed by atoms with E-state index in [0.717, 1.165) is 23.0 Å². The highest BCUT2D eigenvalue weighted by atomic mass is 127. The lowest BCUT2D eigenvalue weighted by Crippen LogP contribution is -2.37. The van der Waals surface area contributed by atoms with E-state index in [4.69, 9.17) is 4.74 Å².